The van der Waals surface area contributed by atoms with Crippen molar-refractivity contribution in [1.82, 2.24) is 14.6 Å². The first-order valence-electron chi connectivity index (χ1n) is 6.30. The van der Waals surface area contributed by atoms with Crippen LogP contribution >= 0.6 is 15.9 Å². The lowest BCUT2D eigenvalue weighted by Gasteiger charge is -2.06. The van der Waals surface area contributed by atoms with Gasteiger partial charge in [0.25, 0.3) is 0 Å². The molecule has 5 nitrogen and oxygen atoms in total. The van der Waals surface area contributed by atoms with E-state index in [4.69, 9.17) is 4.74 Å². The Morgan fingerprint density at radius 1 is 1.24 bits per heavy atom. The normalized spacial score (nSPS) is 10.8. The van der Waals surface area contributed by atoms with Gasteiger partial charge in [0.15, 0.2) is 11.5 Å². The first-order valence-corrected chi connectivity index (χ1v) is 7.09. The minimum absolute atomic E-state index is 0.385. The molecule has 0 aliphatic carbocycles. The first-order chi connectivity index (χ1) is 10.1. The number of halogens is 1. The van der Waals surface area contributed by atoms with Gasteiger partial charge in [0.2, 0.25) is 0 Å². The van der Waals surface area contributed by atoms with E-state index in [0.29, 0.717) is 17.0 Å². The van der Waals surface area contributed by atoms with Crippen LogP contribution in [0.25, 0.3) is 17.0 Å². The Bertz CT molecular complexity index is 842. The van der Waals surface area contributed by atoms with Gasteiger partial charge in [0, 0.05) is 16.2 Å². The third kappa shape index (κ3) is 2.42. The van der Waals surface area contributed by atoms with Gasteiger partial charge in [-0.15, -0.1) is 10.2 Å². The van der Waals surface area contributed by atoms with Gasteiger partial charge in [-0.25, -0.2) is 4.79 Å². The summed E-state index contributed by atoms with van der Waals surface area (Å²) in [6.45, 7) is 2.01. The topological polar surface area (TPSA) is 56.5 Å². The number of aromatic nitrogens is 3. The van der Waals surface area contributed by atoms with Crippen LogP contribution in [0.2, 0.25) is 0 Å². The highest BCUT2D eigenvalue weighted by molar-refractivity contribution is 9.10. The Kier molecular flexibility index (Phi) is 3.47. The zero-order valence-corrected chi connectivity index (χ0v) is 13.1. The van der Waals surface area contributed by atoms with Crippen molar-refractivity contribution in [2.24, 2.45) is 0 Å². The van der Waals surface area contributed by atoms with Crippen molar-refractivity contribution in [3.05, 3.63) is 52.1 Å². The van der Waals surface area contributed by atoms with E-state index in [1.165, 1.54) is 7.11 Å². The number of nitrogens with zero attached hydrogens (tertiary/aromatic N) is 3. The smallest absolute Gasteiger partial charge is 0.339 e. The number of aryl methyl sites for hydroxylation is 1. The van der Waals surface area contributed by atoms with E-state index in [2.05, 4.69) is 26.1 Å². The lowest BCUT2D eigenvalue weighted by Crippen LogP contribution is -2.03. The van der Waals surface area contributed by atoms with Gasteiger partial charge >= 0.3 is 5.97 Å². The van der Waals surface area contributed by atoms with Gasteiger partial charge in [-0.2, -0.15) is 0 Å². The van der Waals surface area contributed by atoms with Crippen molar-refractivity contribution in [2.75, 3.05) is 7.11 Å². The third-order valence-corrected chi connectivity index (χ3v) is 3.75. The molecular weight excluding hydrogens is 334 g/mol. The molecule has 0 amide bonds. The number of rotatable bonds is 2. The zero-order chi connectivity index (χ0) is 15.0. The highest BCUT2D eigenvalue weighted by Crippen LogP contribution is 2.25. The van der Waals surface area contributed by atoms with E-state index in [9.17, 15) is 4.79 Å². The molecule has 1 aromatic carbocycles. The summed E-state index contributed by atoms with van der Waals surface area (Å²) >= 11 is 3.45. The number of ether oxygens (including phenoxy) is 1. The van der Waals surface area contributed by atoms with Crippen LogP contribution < -0.4 is 0 Å². The zero-order valence-electron chi connectivity index (χ0n) is 11.5. The molecule has 0 N–H and O–H groups in total. The summed E-state index contributed by atoms with van der Waals surface area (Å²) in [5.41, 5.74) is 3.18. The molecule has 3 rings (SSSR count). The quantitative estimate of drug-likeness (QED) is 0.669. The summed E-state index contributed by atoms with van der Waals surface area (Å²) in [5, 5.41) is 8.36. The molecule has 2 heterocycles. The van der Waals surface area contributed by atoms with E-state index >= 15 is 0 Å². The highest BCUT2D eigenvalue weighted by Gasteiger charge is 2.13. The average Bonchev–Trinajstić information content (AvgIpc) is 2.89. The fourth-order valence-corrected chi connectivity index (χ4v) is 2.67. The molecule has 0 saturated heterocycles. The Balaban J connectivity index is 2.20. The Morgan fingerprint density at radius 2 is 2.05 bits per heavy atom. The lowest BCUT2D eigenvalue weighted by molar-refractivity contribution is 0.0600. The van der Waals surface area contributed by atoms with Crippen LogP contribution in [0.15, 0.2) is 41.0 Å². The summed E-state index contributed by atoms with van der Waals surface area (Å²) in [4.78, 5) is 11.7. The minimum atomic E-state index is -0.385. The van der Waals surface area contributed by atoms with Crippen molar-refractivity contribution in [3.63, 3.8) is 0 Å². The molecule has 0 spiro atoms. The molecule has 21 heavy (non-hydrogen) atoms. The SMILES string of the molecule is COC(=O)c1ccc2nnc(-c3ccc(Br)cc3C)n2c1. The summed E-state index contributed by atoms with van der Waals surface area (Å²) in [5.74, 6) is 0.310. The molecule has 0 fully saturated rings. The van der Waals surface area contributed by atoms with E-state index in [1.54, 1.807) is 22.7 Å². The number of fused-ring (bicyclic) bond motifs is 1. The standard InChI is InChI=1S/C15H12BrN3O2/c1-9-7-11(16)4-5-12(9)14-18-17-13-6-3-10(8-19(13)14)15(20)21-2/h3-8H,1-2H3. The second-order valence-corrected chi connectivity index (χ2v) is 5.54. The number of hydrogen-bond acceptors (Lipinski definition) is 4. The van der Waals surface area contributed by atoms with Crippen LogP contribution in [0.5, 0.6) is 0 Å². The monoisotopic (exact) mass is 345 g/mol. The maximum atomic E-state index is 11.7. The summed E-state index contributed by atoms with van der Waals surface area (Å²) < 4.78 is 7.55. The average molecular weight is 346 g/mol. The third-order valence-electron chi connectivity index (χ3n) is 3.25. The number of carbonyl (C=O) groups is 1. The number of benzene rings is 1. The number of hydrogen-bond donors (Lipinski definition) is 0. The summed E-state index contributed by atoms with van der Waals surface area (Å²) in [7, 11) is 1.36. The lowest BCUT2D eigenvalue weighted by atomic mass is 10.1. The van der Waals surface area contributed by atoms with Crippen molar-refractivity contribution < 1.29 is 9.53 Å². The Morgan fingerprint density at radius 3 is 2.76 bits per heavy atom. The van der Waals surface area contributed by atoms with Crippen LogP contribution in [-0.2, 0) is 4.74 Å². The molecule has 0 radical (unpaired) electrons. The van der Waals surface area contributed by atoms with Crippen LogP contribution in [0, 0.1) is 6.92 Å². The Hall–Kier alpha value is -2.21. The van der Waals surface area contributed by atoms with Crippen LogP contribution in [0.4, 0.5) is 0 Å². The molecule has 0 atom stereocenters. The molecule has 0 saturated carbocycles. The van der Waals surface area contributed by atoms with Gasteiger partial charge in [-0.1, -0.05) is 15.9 Å². The molecule has 106 valence electrons. The van der Waals surface area contributed by atoms with Crippen molar-refractivity contribution in [1.29, 1.82) is 0 Å². The second kappa shape index (κ2) is 5.29. The van der Waals surface area contributed by atoms with E-state index in [0.717, 1.165) is 15.6 Å². The number of carbonyl (C=O) groups excluding carboxylic acids is 1. The van der Waals surface area contributed by atoms with E-state index in [1.807, 2.05) is 25.1 Å². The number of esters is 1. The van der Waals surface area contributed by atoms with Crippen molar-refractivity contribution in [2.45, 2.75) is 6.92 Å². The molecule has 0 aliphatic heterocycles. The molecule has 3 aromatic rings. The largest absolute Gasteiger partial charge is 0.465 e. The fraction of sp³-hybridized carbons (Fsp3) is 0.133. The van der Waals surface area contributed by atoms with Crippen molar-refractivity contribution in [3.8, 4) is 11.4 Å². The summed E-state index contributed by atoms with van der Waals surface area (Å²) in [6.07, 6.45) is 1.69. The minimum Gasteiger partial charge on any atom is -0.465 e. The van der Waals surface area contributed by atoms with Gasteiger partial charge in [-0.05, 0) is 42.8 Å². The summed E-state index contributed by atoms with van der Waals surface area (Å²) in [6, 6.07) is 9.36. The molecule has 2 aromatic heterocycles. The first kappa shape index (κ1) is 13.8. The number of methoxy groups -OCH3 is 1. The van der Waals surface area contributed by atoms with Gasteiger partial charge in [0.1, 0.15) is 0 Å². The van der Waals surface area contributed by atoms with E-state index in [-0.39, 0.29) is 5.97 Å². The molecule has 0 bridgehead atoms. The van der Waals surface area contributed by atoms with Crippen molar-refractivity contribution >= 4 is 27.5 Å². The fourth-order valence-electron chi connectivity index (χ4n) is 2.19. The van der Waals surface area contributed by atoms with Gasteiger partial charge in [0.05, 0.1) is 12.7 Å². The molecule has 0 unspecified atom stereocenters. The van der Waals surface area contributed by atoms with Crippen LogP contribution in [-0.4, -0.2) is 27.7 Å². The Labute approximate surface area is 129 Å². The van der Waals surface area contributed by atoms with E-state index < -0.39 is 0 Å². The highest BCUT2D eigenvalue weighted by atomic mass is 79.9. The van der Waals surface area contributed by atoms with Crippen LogP contribution in [0.1, 0.15) is 15.9 Å². The molecular formula is C15H12BrN3O2. The maximum Gasteiger partial charge on any atom is 0.339 e. The molecule has 0 aliphatic rings. The molecule has 6 heteroatoms. The van der Waals surface area contributed by atoms with Gasteiger partial charge < -0.3 is 4.74 Å². The van der Waals surface area contributed by atoms with Crippen LogP contribution in [0.3, 0.4) is 0 Å². The van der Waals surface area contributed by atoms with Gasteiger partial charge in [-0.3, -0.25) is 4.40 Å². The second-order valence-electron chi connectivity index (χ2n) is 4.62. The maximum absolute atomic E-state index is 11.7. The predicted octanol–water partition coefficient (Wildman–Crippen LogP) is 3.25. The number of pyridine rings is 1. The predicted molar refractivity (Wildman–Crippen MR) is 82.2 cm³/mol.